The highest BCUT2D eigenvalue weighted by atomic mass is 16.5. The van der Waals surface area contributed by atoms with Gasteiger partial charge in [-0.15, -0.1) is 0 Å². The maximum atomic E-state index is 12.2. The zero-order valence-electron chi connectivity index (χ0n) is 14.0. The van der Waals surface area contributed by atoms with Crippen LogP contribution in [0.2, 0.25) is 0 Å². The number of piperidine rings is 1. The average Bonchev–Trinajstić information content (AvgIpc) is 3.07. The van der Waals surface area contributed by atoms with Gasteiger partial charge in [0.05, 0.1) is 6.61 Å². The predicted molar refractivity (Wildman–Crippen MR) is 89.4 cm³/mol. The summed E-state index contributed by atoms with van der Waals surface area (Å²) in [7, 11) is 0. The lowest BCUT2D eigenvalue weighted by molar-refractivity contribution is 0.0931. The van der Waals surface area contributed by atoms with E-state index >= 15 is 0 Å². The normalized spacial score (nSPS) is 23.1. The van der Waals surface area contributed by atoms with Crippen molar-refractivity contribution in [2.24, 2.45) is 11.8 Å². The lowest BCUT2D eigenvalue weighted by Gasteiger charge is -2.33. The van der Waals surface area contributed by atoms with Crippen molar-refractivity contribution in [3.05, 3.63) is 29.6 Å². The van der Waals surface area contributed by atoms with Crippen molar-refractivity contribution in [2.75, 3.05) is 39.4 Å². The number of rotatable bonds is 5. The van der Waals surface area contributed by atoms with Crippen LogP contribution in [0, 0.1) is 18.8 Å². The Hall–Kier alpha value is -1.46. The van der Waals surface area contributed by atoms with Gasteiger partial charge in [-0.3, -0.25) is 9.78 Å². The van der Waals surface area contributed by atoms with Gasteiger partial charge in [-0.2, -0.15) is 0 Å². The Morgan fingerprint density at radius 3 is 2.87 bits per heavy atom. The number of ether oxygens (including phenoxy) is 1. The van der Waals surface area contributed by atoms with Gasteiger partial charge in [0, 0.05) is 37.7 Å². The average molecular weight is 317 g/mol. The molecule has 0 saturated carbocycles. The number of aromatic nitrogens is 1. The van der Waals surface area contributed by atoms with Crippen LogP contribution < -0.4 is 5.32 Å². The Morgan fingerprint density at radius 1 is 1.35 bits per heavy atom. The maximum Gasteiger partial charge on any atom is 0.251 e. The van der Waals surface area contributed by atoms with E-state index < -0.39 is 0 Å². The number of aryl methyl sites for hydroxylation is 1. The highest BCUT2D eigenvalue weighted by Gasteiger charge is 2.24. The van der Waals surface area contributed by atoms with Gasteiger partial charge < -0.3 is 15.0 Å². The second-order valence-electron chi connectivity index (χ2n) is 6.87. The molecular weight excluding hydrogens is 290 g/mol. The van der Waals surface area contributed by atoms with E-state index in [1.165, 1.54) is 25.8 Å². The quantitative estimate of drug-likeness (QED) is 0.901. The molecule has 23 heavy (non-hydrogen) atoms. The molecular formula is C18H27N3O2. The molecule has 2 aliphatic heterocycles. The number of pyridine rings is 1. The molecule has 5 nitrogen and oxygen atoms in total. The van der Waals surface area contributed by atoms with Gasteiger partial charge in [0.25, 0.3) is 5.91 Å². The lowest BCUT2D eigenvalue weighted by Crippen LogP contribution is -2.40. The Labute approximate surface area is 138 Å². The number of likely N-dealkylation sites (tertiary alicyclic amines) is 1. The number of nitrogens with zero attached hydrogens (tertiary/aromatic N) is 2. The summed E-state index contributed by atoms with van der Waals surface area (Å²) in [6, 6.07) is 1.79. The number of nitrogens with one attached hydrogen (secondary N) is 1. The number of amides is 1. The topological polar surface area (TPSA) is 54.5 Å². The molecule has 1 aromatic heterocycles. The van der Waals surface area contributed by atoms with E-state index in [4.69, 9.17) is 4.74 Å². The summed E-state index contributed by atoms with van der Waals surface area (Å²) >= 11 is 0. The van der Waals surface area contributed by atoms with E-state index in [1.54, 1.807) is 18.5 Å². The number of carbonyl (C=O) groups excluding carboxylic acids is 1. The SMILES string of the molecule is Cc1cnccc1C(=O)NCC1CCN(CC2CCOC2)CC1. The zero-order valence-corrected chi connectivity index (χ0v) is 14.0. The Balaban J connectivity index is 1.39. The number of carbonyl (C=O) groups is 1. The summed E-state index contributed by atoms with van der Waals surface area (Å²) < 4.78 is 5.46. The third-order valence-corrected chi connectivity index (χ3v) is 5.06. The van der Waals surface area contributed by atoms with Crippen molar-refractivity contribution in [3.8, 4) is 0 Å². The summed E-state index contributed by atoms with van der Waals surface area (Å²) in [5, 5.41) is 3.09. The molecule has 2 saturated heterocycles. The fourth-order valence-electron chi connectivity index (χ4n) is 3.53. The van der Waals surface area contributed by atoms with Crippen molar-refractivity contribution < 1.29 is 9.53 Å². The molecule has 0 radical (unpaired) electrons. The fourth-order valence-corrected chi connectivity index (χ4v) is 3.53. The van der Waals surface area contributed by atoms with Crippen LogP contribution in [0.1, 0.15) is 35.2 Å². The first-order valence-corrected chi connectivity index (χ1v) is 8.71. The van der Waals surface area contributed by atoms with Crippen molar-refractivity contribution in [1.82, 2.24) is 15.2 Å². The standard InChI is InChI=1S/C18H27N3O2/c1-14-10-19-6-2-17(14)18(22)20-11-15-3-7-21(8-4-15)12-16-5-9-23-13-16/h2,6,10,15-16H,3-5,7-9,11-13H2,1H3,(H,20,22). The molecule has 1 amide bonds. The molecule has 1 N–H and O–H groups in total. The summed E-state index contributed by atoms with van der Waals surface area (Å²) in [6.45, 7) is 8.03. The van der Waals surface area contributed by atoms with Gasteiger partial charge in [-0.05, 0) is 62.7 Å². The Bertz CT molecular complexity index is 521. The van der Waals surface area contributed by atoms with Gasteiger partial charge in [-0.25, -0.2) is 0 Å². The smallest absolute Gasteiger partial charge is 0.251 e. The van der Waals surface area contributed by atoms with E-state index in [1.807, 2.05) is 6.92 Å². The monoisotopic (exact) mass is 317 g/mol. The van der Waals surface area contributed by atoms with E-state index in [9.17, 15) is 4.79 Å². The van der Waals surface area contributed by atoms with Crippen molar-refractivity contribution >= 4 is 5.91 Å². The molecule has 5 heteroatoms. The summed E-state index contributed by atoms with van der Waals surface area (Å²) in [4.78, 5) is 18.8. The molecule has 126 valence electrons. The minimum Gasteiger partial charge on any atom is -0.381 e. The molecule has 3 heterocycles. The van der Waals surface area contributed by atoms with Crippen LogP contribution in [-0.4, -0.2) is 55.2 Å². The van der Waals surface area contributed by atoms with Crippen molar-refractivity contribution in [1.29, 1.82) is 0 Å². The van der Waals surface area contributed by atoms with Gasteiger partial charge in [0.15, 0.2) is 0 Å². The van der Waals surface area contributed by atoms with Crippen LogP contribution in [0.3, 0.4) is 0 Å². The number of hydrogen-bond acceptors (Lipinski definition) is 4. The highest BCUT2D eigenvalue weighted by Crippen LogP contribution is 2.20. The predicted octanol–water partition coefficient (Wildman–Crippen LogP) is 1.87. The number of hydrogen-bond donors (Lipinski definition) is 1. The van der Waals surface area contributed by atoms with E-state index in [-0.39, 0.29) is 5.91 Å². The first-order valence-electron chi connectivity index (χ1n) is 8.71. The van der Waals surface area contributed by atoms with E-state index in [0.717, 1.165) is 49.9 Å². The second-order valence-corrected chi connectivity index (χ2v) is 6.87. The zero-order chi connectivity index (χ0) is 16.1. The maximum absolute atomic E-state index is 12.2. The van der Waals surface area contributed by atoms with Gasteiger partial charge >= 0.3 is 0 Å². The molecule has 1 unspecified atom stereocenters. The molecule has 0 aliphatic carbocycles. The Kier molecular flexibility index (Phi) is 5.62. The molecule has 2 aliphatic rings. The van der Waals surface area contributed by atoms with Crippen LogP contribution >= 0.6 is 0 Å². The van der Waals surface area contributed by atoms with E-state index in [2.05, 4.69) is 15.2 Å². The molecule has 0 bridgehead atoms. The summed E-state index contributed by atoms with van der Waals surface area (Å²) in [5.41, 5.74) is 1.66. The first kappa shape index (κ1) is 16.4. The van der Waals surface area contributed by atoms with Crippen LogP contribution in [0.25, 0.3) is 0 Å². The first-order chi connectivity index (χ1) is 11.2. The molecule has 0 aromatic carbocycles. The molecule has 3 rings (SSSR count). The van der Waals surface area contributed by atoms with Gasteiger partial charge in [0.2, 0.25) is 0 Å². The highest BCUT2D eigenvalue weighted by molar-refractivity contribution is 5.95. The van der Waals surface area contributed by atoms with Gasteiger partial charge in [-0.1, -0.05) is 0 Å². The van der Waals surface area contributed by atoms with E-state index in [0.29, 0.717) is 5.92 Å². The second kappa shape index (κ2) is 7.88. The van der Waals surface area contributed by atoms with Crippen LogP contribution in [0.4, 0.5) is 0 Å². The van der Waals surface area contributed by atoms with Crippen LogP contribution in [0.5, 0.6) is 0 Å². The molecule has 1 aromatic rings. The Morgan fingerprint density at radius 2 is 2.17 bits per heavy atom. The third kappa shape index (κ3) is 4.52. The molecule has 2 fully saturated rings. The molecule has 0 spiro atoms. The minimum absolute atomic E-state index is 0.0235. The molecule has 1 atom stereocenters. The summed E-state index contributed by atoms with van der Waals surface area (Å²) in [5.74, 6) is 1.34. The van der Waals surface area contributed by atoms with Crippen molar-refractivity contribution in [3.63, 3.8) is 0 Å². The largest absolute Gasteiger partial charge is 0.381 e. The van der Waals surface area contributed by atoms with Crippen LogP contribution in [-0.2, 0) is 4.74 Å². The van der Waals surface area contributed by atoms with Crippen LogP contribution in [0.15, 0.2) is 18.5 Å². The van der Waals surface area contributed by atoms with Gasteiger partial charge in [0.1, 0.15) is 0 Å². The van der Waals surface area contributed by atoms with Crippen molar-refractivity contribution in [2.45, 2.75) is 26.2 Å². The minimum atomic E-state index is 0.0235. The lowest BCUT2D eigenvalue weighted by atomic mass is 9.95. The summed E-state index contributed by atoms with van der Waals surface area (Å²) in [6.07, 6.45) is 6.96. The third-order valence-electron chi connectivity index (χ3n) is 5.06. The fraction of sp³-hybridized carbons (Fsp3) is 0.667.